The van der Waals surface area contributed by atoms with Crippen LogP contribution in [-0.2, 0) is 0 Å². The van der Waals surface area contributed by atoms with Crippen LogP contribution in [0.4, 0.5) is 0 Å². The number of hydrogen-bond acceptors (Lipinski definition) is 1. The Hall–Kier alpha value is -0.300. The minimum atomic E-state index is 0.641. The molecule has 0 aromatic heterocycles. The second kappa shape index (κ2) is 5.48. The maximum absolute atomic E-state index is 3.89. The number of hydrogen-bond donors (Lipinski definition) is 1. The van der Waals surface area contributed by atoms with E-state index in [9.17, 15) is 0 Å². The number of rotatable bonds is 5. The van der Waals surface area contributed by atoms with E-state index < -0.39 is 0 Å². The van der Waals surface area contributed by atoms with Gasteiger partial charge in [-0.05, 0) is 26.3 Å². The third-order valence-corrected chi connectivity index (χ3v) is 1.58. The Kier molecular flexibility index (Phi) is 5.32. The van der Waals surface area contributed by atoms with Crippen molar-refractivity contribution in [2.24, 2.45) is 0 Å². The zero-order valence-corrected chi connectivity index (χ0v) is 7.41. The molecule has 0 spiro atoms. The summed E-state index contributed by atoms with van der Waals surface area (Å²) in [5.74, 6) is 0. The SMILES string of the molecule is C=C(C)CC(CC)NCC. The molecule has 0 aromatic rings. The lowest BCUT2D eigenvalue weighted by atomic mass is 10.1. The van der Waals surface area contributed by atoms with Crippen LogP contribution in [0.5, 0.6) is 0 Å². The summed E-state index contributed by atoms with van der Waals surface area (Å²) in [6.07, 6.45) is 2.31. The van der Waals surface area contributed by atoms with E-state index in [4.69, 9.17) is 0 Å². The van der Waals surface area contributed by atoms with Crippen LogP contribution in [0.2, 0.25) is 0 Å². The van der Waals surface area contributed by atoms with Gasteiger partial charge in [-0.3, -0.25) is 0 Å². The van der Waals surface area contributed by atoms with Crippen LogP contribution in [0.25, 0.3) is 0 Å². The summed E-state index contributed by atoms with van der Waals surface area (Å²) >= 11 is 0. The monoisotopic (exact) mass is 141 g/mol. The lowest BCUT2D eigenvalue weighted by Gasteiger charge is -2.14. The van der Waals surface area contributed by atoms with Crippen LogP contribution < -0.4 is 5.32 Å². The molecule has 0 aliphatic rings. The van der Waals surface area contributed by atoms with Crippen LogP contribution in [0.3, 0.4) is 0 Å². The topological polar surface area (TPSA) is 12.0 Å². The highest BCUT2D eigenvalue weighted by molar-refractivity contribution is 4.92. The first kappa shape index (κ1) is 9.70. The smallest absolute Gasteiger partial charge is 0.0101 e. The lowest BCUT2D eigenvalue weighted by Crippen LogP contribution is -2.28. The van der Waals surface area contributed by atoms with Crippen LogP contribution in [0.1, 0.15) is 33.6 Å². The highest BCUT2D eigenvalue weighted by Crippen LogP contribution is 2.04. The molecule has 1 N–H and O–H groups in total. The average molecular weight is 141 g/mol. The summed E-state index contributed by atoms with van der Waals surface area (Å²) in [7, 11) is 0. The molecule has 0 aromatic carbocycles. The molecule has 0 saturated heterocycles. The third kappa shape index (κ3) is 4.57. The molecule has 0 fully saturated rings. The van der Waals surface area contributed by atoms with Crippen molar-refractivity contribution >= 4 is 0 Å². The largest absolute Gasteiger partial charge is 0.314 e. The van der Waals surface area contributed by atoms with Gasteiger partial charge >= 0.3 is 0 Å². The lowest BCUT2D eigenvalue weighted by molar-refractivity contribution is 0.509. The minimum absolute atomic E-state index is 0.641. The second-order valence-electron chi connectivity index (χ2n) is 2.82. The molecular weight excluding hydrogens is 122 g/mol. The molecule has 0 bridgehead atoms. The van der Waals surface area contributed by atoms with Crippen molar-refractivity contribution in [2.45, 2.75) is 39.7 Å². The van der Waals surface area contributed by atoms with E-state index in [0.29, 0.717) is 6.04 Å². The summed E-state index contributed by atoms with van der Waals surface area (Å²) in [6, 6.07) is 0.641. The Labute approximate surface area is 64.5 Å². The summed E-state index contributed by atoms with van der Waals surface area (Å²) in [5, 5.41) is 3.40. The maximum Gasteiger partial charge on any atom is 0.0101 e. The molecule has 0 heterocycles. The second-order valence-corrected chi connectivity index (χ2v) is 2.82. The highest BCUT2D eigenvalue weighted by Gasteiger charge is 2.02. The molecule has 1 unspecified atom stereocenters. The Bertz CT molecular complexity index is 96.9. The van der Waals surface area contributed by atoms with Crippen molar-refractivity contribution in [3.05, 3.63) is 12.2 Å². The summed E-state index contributed by atoms with van der Waals surface area (Å²) in [5.41, 5.74) is 1.27. The van der Waals surface area contributed by atoms with Gasteiger partial charge in [0.1, 0.15) is 0 Å². The van der Waals surface area contributed by atoms with E-state index >= 15 is 0 Å². The van der Waals surface area contributed by atoms with Gasteiger partial charge in [0.05, 0.1) is 0 Å². The Morgan fingerprint density at radius 3 is 2.40 bits per heavy atom. The predicted molar refractivity (Wildman–Crippen MR) is 47.2 cm³/mol. The molecule has 0 radical (unpaired) electrons. The standard InChI is InChI=1S/C9H19N/c1-5-9(10-6-2)7-8(3)4/h9-10H,3,5-7H2,1-2,4H3. The van der Waals surface area contributed by atoms with Gasteiger partial charge in [-0.25, -0.2) is 0 Å². The Morgan fingerprint density at radius 2 is 2.10 bits per heavy atom. The first-order valence-electron chi connectivity index (χ1n) is 4.08. The molecule has 10 heavy (non-hydrogen) atoms. The molecule has 0 rings (SSSR count). The van der Waals surface area contributed by atoms with Crippen molar-refractivity contribution in [1.29, 1.82) is 0 Å². The highest BCUT2D eigenvalue weighted by atomic mass is 14.9. The fraction of sp³-hybridized carbons (Fsp3) is 0.778. The molecule has 0 amide bonds. The number of nitrogens with one attached hydrogen (secondary N) is 1. The third-order valence-electron chi connectivity index (χ3n) is 1.58. The predicted octanol–water partition coefficient (Wildman–Crippen LogP) is 2.34. The molecule has 0 saturated carbocycles. The van der Waals surface area contributed by atoms with E-state index in [0.717, 1.165) is 13.0 Å². The zero-order chi connectivity index (χ0) is 7.98. The molecular formula is C9H19N. The van der Waals surface area contributed by atoms with Gasteiger partial charge in [0.2, 0.25) is 0 Å². The first-order chi connectivity index (χ1) is 4.70. The molecule has 60 valence electrons. The molecule has 0 aliphatic carbocycles. The van der Waals surface area contributed by atoms with Gasteiger partial charge < -0.3 is 5.32 Å². The van der Waals surface area contributed by atoms with Crippen LogP contribution >= 0.6 is 0 Å². The van der Waals surface area contributed by atoms with Crippen molar-refractivity contribution in [3.63, 3.8) is 0 Å². The fourth-order valence-corrected chi connectivity index (χ4v) is 1.07. The normalized spacial score (nSPS) is 13.1. The van der Waals surface area contributed by atoms with E-state index in [-0.39, 0.29) is 0 Å². The van der Waals surface area contributed by atoms with Crippen LogP contribution in [0, 0.1) is 0 Å². The van der Waals surface area contributed by atoms with Crippen molar-refractivity contribution in [3.8, 4) is 0 Å². The zero-order valence-electron chi connectivity index (χ0n) is 7.41. The van der Waals surface area contributed by atoms with Crippen molar-refractivity contribution < 1.29 is 0 Å². The van der Waals surface area contributed by atoms with E-state index in [1.54, 1.807) is 0 Å². The van der Waals surface area contributed by atoms with Gasteiger partial charge in [0.15, 0.2) is 0 Å². The Balaban J connectivity index is 3.49. The molecule has 1 heteroatoms. The van der Waals surface area contributed by atoms with Gasteiger partial charge in [-0.15, -0.1) is 6.58 Å². The van der Waals surface area contributed by atoms with Gasteiger partial charge in [-0.2, -0.15) is 0 Å². The van der Waals surface area contributed by atoms with Gasteiger partial charge in [-0.1, -0.05) is 19.4 Å². The van der Waals surface area contributed by atoms with E-state index in [2.05, 4.69) is 32.7 Å². The minimum Gasteiger partial charge on any atom is -0.314 e. The summed E-state index contributed by atoms with van der Waals surface area (Å²) in [4.78, 5) is 0. The Morgan fingerprint density at radius 1 is 1.50 bits per heavy atom. The van der Waals surface area contributed by atoms with Crippen molar-refractivity contribution in [1.82, 2.24) is 5.32 Å². The quantitative estimate of drug-likeness (QED) is 0.579. The van der Waals surface area contributed by atoms with E-state index in [1.807, 2.05) is 0 Å². The average Bonchev–Trinajstić information content (AvgIpc) is 1.86. The van der Waals surface area contributed by atoms with Crippen molar-refractivity contribution in [2.75, 3.05) is 6.54 Å². The van der Waals surface area contributed by atoms with E-state index in [1.165, 1.54) is 12.0 Å². The van der Waals surface area contributed by atoms with Gasteiger partial charge in [0.25, 0.3) is 0 Å². The molecule has 0 aliphatic heterocycles. The molecule has 1 nitrogen and oxygen atoms in total. The van der Waals surface area contributed by atoms with Gasteiger partial charge in [0, 0.05) is 6.04 Å². The maximum atomic E-state index is 3.89. The molecule has 1 atom stereocenters. The fourth-order valence-electron chi connectivity index (χ4n) is 1.07. The van der Waals surface area contributed by atoms with Crippen LogP contribution in [-0.4, -0.2) is 12.6 Å². The first-order valence-corrected chi connectivity index (χ1v) is 4.08. The summed E-state index contributed by atoms with van der Waals surface area (Å²) < 4.78 is 0. The summed E-state index contributed by atoms with van der Waals surface area (Å²) in [6.45, 7) is 11.4. The van der Waals surface area contributed by atoms with Crippen LogP contribution in [0.15, 0.2) is 12.2 Å².